The van der Waals surface area contributed by atoms with Crippen LogP contribution in [-0.2, 0) is 9.53 Å². The van der Waals surface area contributed by atoms with E-state index < -0.39 is 0 Å². The summed E-state index contributed by atoms with van der Waals surface area (Å²) in [7, 11) is 0. The largest absolute Gasteiger partial charge is 0.465 e. The Morgan fingerprint density at radius 2 is 2.27 bits per heavy atom. The van der Waals surface area contributed by atoms with E-state index in [9.17, 15) is 4.79 Å². The summed E-state index contributed by atoms with van der Waals surface area (Å²) >= 11 is 0. The molecule has 2 rings (SSSR count). The fourth-order valence-electron chi connectivity index (χ4n) is 3.11. The number of carbonyl (C=O) groups excluding carboxylic acids is 1. The van der Waals surface area contributed by atoms with Crippen molar-refractivity contribution in [2.75, 3.05) is 6.61 Å². The first-order valence-electron chi connectivity index (χ1n) is 6.13. The zero-order valence-electron chi connectivity index (χ0n) is 9.66. The standard InChI is InChI=1S/C12H21NO2/c1-3-15-12(14)8(2)13-11-7-9-4-5-10(11)6-9/h8-11,13H,3-7H2,1-2H3. The average Bonchev–Trinajstić information content (AvgIpc) is 2.79. The monoisotopic (exact) mass is 211 g/mol. The van der Waals surface area contributed by atoms with Crippen molar-refractivity contribution in [1.82, 2.24) is 5.32 Å². The molecule has 86 valence electrons. The van der Waals surface area contributed by atoms with Crippen LogP contribution in [0.25, 0.3) is 0 Å². The van der Waals surface area contributed by atoms with Crippen molar-refractivity contribution in [2.24, 2.45) is 11.8 Å². The Hall–Kier alpha value is -0.570. The van der Waals surface area contributed by atoms with Gasteiger partial charge in [0.2, 0.25) is 0 Å². The molecule has 0 spiro atoms. The lowest BCUT2D eigenvalue weighted by Gasteiger charge is -2.25. The summed E-state index contributed by atoms with van der Waals surface area (Å²) in [5.41, 5.74) is 0. The van der Waals surface area contributed by atoms with Gasteiger partial charge in [0.25, 0.3) is 0 Å². The predicted octanol–water partition coefficient (Wildman–Crippen LogP) is 1.72. The summed E-state index contributed by atoms with van der Waals surface area (Å²) in [4.78, 5) is 11.5. The summed E-state index contributed by atoms with van der Waals surface area (Å²) in [5.74, 6) is 1.62. The first-order chi connectivity index (χ1) is 7.20. The van der Waals surface area contributed by atoms with Crippen molar-refractivity contribution in [3.05, 3.63) is 0 Å². The van der Waals surface area contributed by atoms with E-state index in [1.807, 2.05) is 13.8 Å². The third-order valence-electron chi connectivity index (χ3n) is 3.84. The van der Waals surface area contributed by atoms with Crippen LogP contribution in [0, 0.1) is 11.8 Å². The maximum Gasteiger partial charge on any atom is 0.322 e. The number of ether oxygens (including phenoxy) is 1. The van der Waals surface area contributed by atoms with Crippen LogP contribution in [0.4, 0.5) is 0 Å². The maximum atomic E-state index is 11.5. The molecule has 4 atom stereocenters. The van der Waals surface area contributed by atoms with E-state index in [1.165, 1.54) is 25.7 Å². The lowest BCUT2D eigenvalue weighted by molar-refractivity contribution is -0.145. The quantitative estimate of drug-likeness (QED) is 0.719. The number of carbonyl (C=O) groups is 1. The van der Waals surface area contributed by atoms with Gasteiger partial charge in [0.05, 0.1) is 6.61 Å². The number of esters is 1. The summed E-state index contributed by atoms with van der Waals surface area (Å²) < 4.78 is 4.99. The second-order valence-electron chi connectivity index (χ2n) is 4.92. The second kappa shape index (κ2) is 4.52. The fourth-order valence-corrected chi connectivity index (χ4v) is 3.11. The van der Waals surface area contributed by atoms with Crippen LogP contribution < -0.4 is 5.32 Å². The van der Waals surface area contributed by atoms with Gasteiger partial charge in [0, 0.05) is 6.04 Å². The van der Waals surface area contributed by atoms with Gasteiger partial charge in [-0.25, -0.2) is 0 Å². The molecule has 2 fully saturated rings. The molecule has 3 heteroatoms. The van der Waals surface area contributed by atoms with Crippen molar-refractivity contribution in [2.45, 2.75) is 51.6 Å². The molecule has 4 unspecified atom stereocenters. The molecule has 0 aromatic rings. The molecule has 2 aliphatic rings. The Morgan fingerprint density at radius 3 is 2.80 bits per heavy atom. The van der Waals surface area contributed by atoms with Crippen molar-refractivity contribution >= 4 is 5.97 Å². The van der Waals surface area contributed by atoms with Crippen LogP contribution in [0.2, 0.25) is 0 Å². The molecule has 0 aromatic carbocycles. The first kappa shape index (κ1) is 10.9. The molecule has 0 aromatic heterocycles. The summed E-state index contributed by atoms with van der Waals surface area (Å²) in [6.07, 6.45) is 5.37. The minimum absolute atomic E-state index is 0.111. The molecule has 0 aliphatic heterocycles. The van der Waals surface area contributed by atoms with Crippen LogP contribution in [-0.4, -0.2) is 24.7 Å². The van der Waals surface area contributed by atoms with Crippen LogP contribution in [0.5, 0.6) is 0 Å². The molecular formula is C12H21NO2. The number of fused-ring (bicyclic) bond motifs is 2. The van der Waals surface area contributed by atoms with Crippen LogP contribution in [0.15, 0.2) is 0 Å². The summed E-state index contributed by atoms with van der Waals surface area (Å²) in [5, 5.41) is 3.42. The molecule has 3 nitrogen and oxygen atoms in total. The van der Waals surface area contributed by atoms with Crippen molar-refractivity contribution in [3.63, 3.8) is 0 Å². The highest BCUT2D eigenvalue weighted by atomic mass is 16.5. The van der Waals surface area contributed by atoms with Gasteiger partial charge >= 0.3 is 5.97 Å². The topological polar surface area (TPSA) is 38.3 Å². The van der Waals surface area contributed by atoms with Crippen LogP contribution in [0.3, 0.4) is 0 Å². The van der Waals surface area contributed by atoms with Gasteiger partial charge in [-0.2, -0.15) is 0 Å². The minimum atomic E-state index is -0.144. The molecular weight excluding hydrogens is 190 g/mol. The van der Waals surface area contributed by atoms with E-state index >= 15 is 0 Å². The number of hydrogen-bond donors (Lipinski definition) is 1. The van der Waals surface area contributed by atoms with E-state index in [1.54, 1.807) is 0 Å². The smallest absolute Gasteiger partial charge is 0.322 e. The Bertz CT molecular complexity index is 242. The van der Waals surface area contributed by atoms with Gasteiger partial charge in [0.15, 0.2) is 0 Å². The third kappa shape index (κ3) is 2.33. The van der Waals surface area contributed by atoms with Gasteiger partial charge in [-0.15, -0.1) is 0 Å². The van der Waals surface area contributed by atoms with Crippen molar-refractivity contribution in [1.29, 1.82) is 0 Å². The molecule has 0 saturated heterocycles. The van der Waals surface area contributed by atoms with E-state index in [0.29, 0.717) is 12.6 Å². The third-order valence-corrected chi connectivity index (χ3v) is 3.84. The fraction of sp³-hybridized carbons (Fsp3) is 0.917. The molecule has 2 saturated carbocycles. The molecule has 0 radical (unpaired) electrons. The molecule has 2 aliphatic carbocycles. The Labute approximate surface area is 91.6 Å². The van der Waals surface area contributed by atoms with Crippen molar-refractivity contribution in [3.8, 4) is 0 Å². The second-order valence-corrected chi connectivity index (χ2v) is 4.92. The molecule has 1 N–H and O–H groups in total. The Kier molecular flexibility index (Phi) is 3.29. The zero-order chi connectivity index (χ0) is 10.8. The Balaban J connectivity index is 1.79. The highest BCUT2D eigenvalue weighted by Crippen LogP contribution is 2.44. The zero-order valence-corrected chi connectivity index (χ0v) is 9.66. The van der Waals surface area contributed by atoms with Gasteiger partial charge in [-0.3, -0.25) is 4.79 Å². The first-order valence-corrected chi connectivity index (χ1v) is 6.13. The molecule has 0 heterocycles. The van der Waals surface area contributed by atoms with Gasteiger partial charge in [-0.05, 0) is 44.9 Å². The van der Waals surface area contributed by atoms with Crippen LogP contribution >= 0.6 is 0 Å². The van der Waals surface area contributed by atoms with Crippen LogP contribution in [0.1, 0.15) is 39.5 Å². The molecule has 2 bridgehead atoms. The minimum Gasteiger partial charge on any atom is -0.465 e. The van der Waals surface area contributed by atoms with Crippen molar-refractivity contribution < 1.29 is 9.53 Å². The summed E-state index contributed by atoms with van der Waals surface area (Å²) in [6.45, 7) is 4.23. The average molecular weight is 211 g/mol. The normalized spacial score (nSPS) is 35.5. The SMILES string of the molecule is CCOC(=O)C(C)NC1CC2CCC1C2. The van der Waals surface area contributed by atoms with Gasteiger partial charge < -0.3 is 10.1 Å². The number of hydrogen-bond acceptors (Lipinski definition) is 3. The van der Waals surface area contributed by atoms with E-state index in [4.69, 9.17) is 4.74 Å². The molecule has 15 heavy (non-hydrogen) atoms. The van der Waals surface area contributed by atoms with Gasteiger partial charge in [0.1, 0.15) is 6.04 Å². The highest BCUT2D eigenvalue weighted by molar-refractivity contribution is 5.75. The molecule has 0 amide bonds. The van der Waals surface area contributed by atoms with E-state index in [2.05, 4.69) is 5.32 Å². The maximum absolute atomic E-state index is 11.5. The van der Waals surface area contributed by atoms with E-state index in [0.717, 1.165) is 11.8 Å². The number of rotatable bonds is 4. The highest BCUT2D eigenvalue weighted by Gasteiger charge is 2.40. The predicted molar refractivity (Wildman–Crippen MR) is 58.5 cm³/mol. The number of nitrogens with one attached hydrogen (secondary N) is 1. The lowest BCUT2D eigenvalue weighted by atomic mass is 9.95. The lowest BCUT2D eigenvalue weighted by Crippen LogP contribution is -2.44. The summed E-state index contributed by atoms with van der Waals surface area (Å²) in [6, 6.07) is 0.414. The Morgan fingerprint density at radius 1 is 1.47 bits per heavy atom. The van der Waals surface area contributed by atoms with E-state index in [-0.39, 0.29) is 12.0 Å². The van der Waals surface area contributed by atoms with Gasteiger partial charge in [-0.1, -0.05) is 6.42 Å².